The maximum atomic E-state index is 13.5. The molecule has 0 aliphatic heterocycles. The first kappa shape index (κ1) is 27.3. The second-order valence-electron chi connectivity index (χ2n) is 7.96. The van der Waals surface area contributed by atoms with E-state index in [4.69, 9.17) is 29.0 Å². The lowest BCUT2D eigenvalue weighted by Gasteiger charge is -2.19. The number of halogens is 1. The molecule has 0 aliphatic rings. The third-order valence-electron chi connectivity index (χ3n) is 4.50. The zero-order valence-electron chi connectivity index (χ0n) is 19.7. The zero-order chi connectivity index (χ0) is 26.1. The summed E-state index contributed by atoms with van der Waals surface area (Å²) in [7, 11) is -3.96. The topological polar surface area (TPSA) is 170 Å². The fourth-order valence-corrected chi connectivity index (χ4v) is 3.95. The number of anilines is 1. The van der Waals surface area contributed by atoms with Crippen LogP contribution in [0.2, 0.25) is 0 Å². The number of benzene rings is 1. The standard InChI is InChI=1S/C21H27FN5O8P/c1-14(2)9-32-21(29)33-12-35-36(30,34-10-15-4-3-5-16(22)8-15)13-31-7-6-27-11-24-17-18(27)25-20(23)26-19(17)28/h3-5,8,11,14H,6-7,9-10,12-13H2,1-2H3,(H3,23,25,26,28). The van der Waals surface area contributed by atoms with E-state index in [1.807, 2.05) is 13.8 Å². The molecule has 1 unspecified atom stereocenters. The molecule has 2 aromatic heterocycles. The van der Waals surface area contributed by atoms with Crippen molar-refractivity contribution in [2.45, 2.75) is 27.0 Å². The third-order valence-corrected chi connectivity index (χ3v) is 6.02. The van der Waals surface area contributed by atoms with Crippen LogP contribution in [0.1, 0.15) is 19.4 Å². The van der Waals surface area contributed by atoms with Crippen molar-refractivity contribution in [1.82, 2.24) is 19.5 Å². The lowest BCUT2D eigenvalue weighted by molar-refractivity contribution is -0.00923. The van der Waals surface area contributed by atoms with Gasteiger partial charge < -0.3 is 29.0 Å². The van der Waals surface area contributed by atoms with Gasteiger partial charge in [-0.15, -0.1) is 0 Å². The van der Waals surface area contributed by atoms with E-state index < -0.39 is 38.3 Å². The molecule has 0 radical (unpaired) electrons. The number of nitrogens with one attached hydrogen (secondary N) is 1. The Kier molecular flexibility index (Phi) is 9.53. The molecule has 1 atom stereocenters. The number of nitrogen functional groups attached to an aromatic ring is 1. The van der Waals surface area contributed by atoms with E-state index in [0.717, 1.165) is 0 Å². The number of hydrogen-bond donors (Lipinski definition) is 2. The van der Waals surface area contributed by atoms with Gasteiger partial charge >= 0.3 is 13.8 Å². The van der Waals surface area contributed by atoms with Crippen molar-refractivity contribution in [3.05, 3.63) is 52.3 Å². The van der Waals surface area contributed by atoms with Crippen LogP contribution in [0, 0.1) is 11.7 Å². The monoisotopic (exact) mass is 527 g/mol. The first-order chi connectivity index (χ1) is 17.1. The van der Waals surface area contributed by atoms with Gasteiger partial charge in [0.05, 0.1) is 26.1 Å². The number of carbonyl (C=O) groups excluding carboxylic acids is 1. The van der Waals surface area contributed by atoms with E-state index in [1.54, 1.807) is 6.07 Å². The number of ether oxygens (including phenoxy) is 3. The Balaban J connectivity index is 1.57. The van der Waals surface area contributed by atoms with Crippen molar-refractivity contribution in [2.24, 2.45) is 5.92 Å². The summed E-state index contributed by atoms with van der Waals surface area (Å²) >= 11 is 0. The third kappa shape index (κ3) is 8.12. The first-order valence-electron chi connectivity index (χ1n) is 10.9. The smallest absolute Gasteiger partial charge is 0.434 e. The number of aromatic nitrogens is 4. The Bertz CT molecular complexity index is 1280. The number of nitrogens with two attached hydrogens (primary N) is 1. The van der Waals surface area contributed by atoms with E-state index in [-0.39, 0.29) is 49.4 Å². The molecular weight excluding hydrogens is 500 g/mol. The Labute approximate surface area is 205 Å². The summed E-state index contributed by atoms with van der Waals surface area (Å²) < 4.78 is 53.9. The predicted molar refractivity (Wildman–Crippen MR) is 125 cm³/mol. The molecule has 0 spiro atoms. The summed E-state index contributed by atoms with van der Waals surface area (Å²) in [5.74, 6) is -0.448. The molecule has 3 N–H and O–H groups in total. The van der Waals surface area contributed by atoms with Gasteiger partial charge in [-0.05, 0) is 23.6 Å². The number of hydrogen-bond acceptors (Lipinski definition) is 11. The highest BCUT2D eigenvalue weighted by Crippen LogP contribution is 2.49. The molecule has 1 aromatic carbocycles. The minimum atomic E-state index is -3.96. The Morgan fingerprint density at radius 1 is 1.28 bits per heavy atom. The van der Waals surface area contributed by atoms with E-state index in [0.29, 0.717) is 5.56 Å². The highest BCUT2D eigenvalue weighted by Gasteiger charge is 2.27. The van der Waals surface area contributed by atoms with Crippen LogP contribution in [0.15, 0.2) is 35.4 Å². The highest BCUT2D eigenvalue weighted by molar-refractivity contribution is 7.53. The summed E-state index contributed by atoms with van der Waals surface area (Å²) in [6.45, 7) is 3.09. The average molecular weight is 527 g/mol. The van der Waals surface area contributed by atoms with Gasteiger partial charge in [-0.2, -0.15) is 4.98 Å². The predicted octanol–water partition coefficient (Wildman–Crippen LogP) is 3.01. The van der Waals surface area contributed by atoms with Gasteiger partial charge in [0, 0.05) is 6.54 Å². The first-order valence-corrected chi connectivity index (χ1v) is 12.6. The highest BCUT2D eigenvalue weighted by atomic mass is 31.2. The van der Waals surface area contributed by atoms with Crippen LogP contribution in [-0.2, 0) is 41.0 Å². The molecule has 0 saturated carbocycles. The van der Waals surface area contributed by atoms with Gasteiger partial charge in [-0.1, -0.05) is 26.0 Å². The Morgan fingerprint density at radius 2 is 2.08 bits per heavy atom. The van der Waals surface area contributed by atoms with Crippen molar-refractivity contribution in [3.8, 4) is 0 Å². The van der Waals surface area contributed by atoms with Crippen molar-refractivity contribution in [2.75, 3.05) is 32.1 Å². The number of nitrogens with zero attached hydrogens (tertiary/aromatic N) is 3. The van der Waals surface area contributed by atoms with Crippen LogP contribution in [-0.4, -0.2) is 52.0 Å². The van der Waals surface area contributed by atoms with Crippen molar-refractivity contribution < 1.29 is 37.0 Å². The number of rotatable bonds is 13. The second-order valence-corrected chi connectivity index (χ2v) is 9.96. The maximum absolute atomic E-state index is 13.5. The van der Waals surface area contributed by atoms with Crippen LogP contribution < -0.4 is 11.3 Å². The molecule has 0 amide bonds. The van der Waals surface area contributed by atoms with Crippen LogP contribution >= 0.6 is 7.60 Å². The molecule has 3 rings (SSSR count). The molecule has 15 heteroatoms. The lowest BCUT2D eigenvalue weighted by atomic mass is 10.2. The number of imidazole rings is 1. The minimum absolute atomic E-state index is 0.00774. The summed E-state index contributed by atoms with van der Waals surface area (Å²) in [6, 6.07) is 5.54. The quantitative estimate of drug-likeness (QED) is 0.145. The summed E-state index contributed by atoms with van der Waals surface area (Å²) in [5.41, 5.74) is 5.88. The Hall–Kier alpha value is -3.32. The largest absolute Gasteiger partial charge is 0.510 e. The van der Waals surface area contributed by atoms with E-state index in [2.05, 4.69) is 15.0 Å². The van der Waals surface area contributed by atoms with Gasteiger partial charge in [0.15, 0.2) is 11.2 Å². The fraction of sp³-hybridized carbons (Fsp3) is 0.429. The van der Waals surface area contributed by atoms with Crippen LogP contribution in [0.5, 0.6) is 0 Å². The number of fused-ring (bicyclic) bond motifs is 1. The molecular formula is C21H27FN5O8P. The fourth-order valence-electron chi connectivity index (χ4n) is 2.82. The van der Waals surface area contributed by atoms with Gasteiger partial charge in [0.25, 0.3) is 5.56 Å². The summed E-state index contributed by atoms with van der Waals surface area (Å²) in [5, 5.41) is 0. The van der Waals surface area contributed by atoms with E-state index >= 15 is 0 Å². The normalized spacial score (nSPS) is 13.1. The van der Waals surface area contributed by atoms with Gasteiger partial charge in [0.2, 0.25) is 12.7 Å². The number of carbonyl (C=O) groups is 1. The van der Waals surface area contributed by atoms with Gasteiger partial charge in [-0.25, -0.2) is 14.2 Å². The molecule has 2 heterocycles. The van der Waals surface area contributed by atoms with Gasteiger partial charge in [0.1, 0.15) is 12.2 Å². The number of H-pyrrole nitrogens is 1. The number of aromatic amines is 1. The average Bonchev–Trinajstić information content (AvgIpc) is 3.22. The molecule has 0 aliphatic carbocycles. The van der Waals surface area contributed by atoms with Gasteiger partial charge in [-0.3, -0.25) is 18.9 Å². The minimum Gasteiger partial charge on any atom is -0.434 e. The molecule has 0 fully saturated rings. The van der Waals surface area contributed by atoms with E-state index in [9.17, 15) is 18.5 Å². The van der Waals surface area contributed by atoms with Crippen LogP contribution in [0.4, 0.5) is 15.1 Å². The van der Waals surface area contributed by atoms with Crippen molar-refractivity contribution in [3.63, 3.8) is 0 Å². The molecule has 36 heavy (non-hydrogen) atoms. The maximum Gasteiger partial charge on any atom is 0.510 e. The van der Waals surface area contributed by atoms with Crippen LogP contribution in [0.3, 0.4) is 0 Å². The zero-order valence-corrected chi connectivity index (χ0v) is 20.6. The Morgan fingerprint density at radius 3 is 2.83 bits per heavy atom. The second kappa shape index (κ2) is 12.6. The van der Waals surface area contributed by atoms with Crippen LogP contribution in [0.25, 0.3) is 11.2 Å². The molecule has 3 aromatic rings. The lowest BCUT2D eigenvalue weighted by Crippen LogP contribution is -2.15. The molecule has 13 nitrogen and oxygen atoms in total. The van der Waals surface area contributed by atoms with E-state index in [1.165, 1.54) is 29.1 Å². The molecule has 0 saturated heterocycles. The molecule has 0 bridgehead atoms. The summed E-state index contributed by atoms with van der Waals surface area (Å²) in [4.78, 5) is 33.9. The summed E-state index contributed by atoms with van der Waals surface area (Å²) in [6.07, 6.45) is -0.103. The van der Waals surface area contributed by atoms with Crippen molar-refractivity contribution in [1.29, 1.82) is 0 Å². The SMILES string of the molecule is CC(C)COC(=O)OCOP(=O)(COCCn1cnc2c(=O)[nH]c(N)nc21)OCc1cccc(F)c1. The van der Waals surface area contributed by atoms with Crippen molar-refractivity contribution >= 4 is 30.9 Å². The molecule has 196 valence electrons.